The van der Waals surface area contributed by atoms with E-state index in [1.807, 2.05) is 24.3 Å². The van der Waals surface area contributed by atoms with E-state index in [2.05, 4.69) is 16.5 Å². The molecule has 1 amide bonds. The molecule has 3 unspecified atom stereocenters. The number of ketones is 1. The monoisotopic (exact) mass is 550 g/mol. The molecule has 0 bridgehead atoms. The van der Waals surface area contributed by atoms with Gasteiger partial charge in [-0.05, 0) is 54.5 Å². The largest absolute Gasteiger partial charge is 0.503 e. The first-order valence-electron chi connectivity index (χ1n) is 13.2. The van der Waals surface area contributed by atoms with E-state index in [4.69, 9.17) is 14.2 Å². The molecule has 1 aromatic carbocycles. The van der Waals surface area contributed by atoms with E-state index in [-0.39, 0.29) is 30.1 Å². The lowest BCUT2D eigenvalue weighted by molar-refractivity contribution is -0.177. The lowest BCUT2D eigenvalue weighted by atomic mass is 9.81. The number of anilines is 1. The first-order chi connectivity index (χ1) is 18.8. The van der Waals surface area contributed by atoms with Crippen molar-refractivity contribution in [2.75, 3.05) is 31.0 Å². The van der Waals surface area contributed by atoms with Crippen molar-refractivity contribution in [2.24, 2.45) is 5.41 Å². The van der Waals surface area contributed by atoms with Crippen LogP contribution < -0.4 is 9.64 Å². The topological polar surface area (TPSA) is 98.2 Å². The van der Waals surface area contributed by atoms with E-state index >= 15 is 0 Å². The highest BCUT2D eigenvalue weighted by molar-refractivity contribution is 8.02. The zero-order chi connectivity index (χ0) is 27.6. The van der Waals surface area contributed by atoms with Gasteiger partial charge in [0.25, 0.3) is 5.91 Å². The Morgan fingerprint density at radius 1 is 1.23 bits per heavy atom. The standard InChI is InChI=1S/C30H34N2O6S/c1-30(2,18-38-23-8-4-5-15-37-23)27(34)24-25(22-7-6-14-31-28(22)36-3)32(29(35)26(24)33)21-11-9-19(10-12-21)20-13-16-39-17-20/h6-7,9-14,16,20,23,25,33H,4-5,8,15,17-18H2,1-3H3. The maximum absolute atomic E-state index is 14.1. The van der Waals surface area contributed by atoms with Gasteiger partial charge in [0.15, 0.2) is 17.8 Å². The fourth-order valence-electron chi connectivity index (χ4n) is 5.21. The number of hydrogen-bond donors (Lipinski definition) is 1. The van der Waals surface area contributed by atoms with Crippen LogP contribution in [-0.2, 0) is 19.1 Å². The van der Waals surface area contributed by atoms with Gasteiger partial charge in [0.1, 0.15) is 6.04 Å². The highest BCUT2D eigenvalue weighted by Crippen LogP contribution is 2.46. The lowest BCUT2D eigenvalue weighted by Gasteiger charge is -2.32. The van der Waals surface area contributed by atoms with E-state index in [1.54, 1.807) is 43.9 Å². The van der Waals surface area contributed by atoms with Gasteiger partial charge < -0.3 is 19.3 Å². The van der Waals surface area contributed by atoms with Gasteiger partial charge in [-0.3, -0.25) is 14.5 Å². The molecule has 0 radical (unpaired) electrons. The third-order valence-electron chi connectivity index (χ3n) is 7.41. The second kappa shape index (κ2) is 11.5. The zero-order valence-electron chi connectivity index (χ0n) is 22.5. The molecule has 8 nitrogen and oxygen atoms in total. The van der Waals surface area contributed by atoms with Crippen molar-refractivity contribution in [2.45, 2.75) is 51.4 Å². The number of amides is 1. The Morgan fingerprint density at radius 3 is 2.69 bits per heavy atom. The van der Waals surface area contributed by atoms with Crippen LogP contribution in [0, 0.1) is 5.41 Å². The number of aromatic nitrogens is 1. The molecule has 1 N–H and O–H groups in total. The van der Waals surface area contributed by atoms with Gasteiger partial charge in [0.2, 0.25) is 5.88 Å². The van der Waals surface area contributed by atoms with E-state index in [0.717, 1.165) is 30.6 Å². The number of pyridine rings is 1. The number of aliphatic hydroxyl groups excluding tert-OH is 1. The molecule has 4 heterocycles. The molecule has 1 aromatic heterocycles. The lowest BCUT2D eigenvalue weighted by Crippen LogP contribution is -2.37. The number of rotatable bonds is 9. The van der Waals surface area contributed by atoms with Gasteiger partial charge in [0.05, 0.1) is 24.7 Å². The number of allylic oxidation sites excluding steroid dienone is 1. The summed E-state index contributed by atoms with van der Waals surface area (Å²) in [6.45, 7) is 4.22. The summed E-state index contributed by atoms with van der Waals surface area (Å²) in [6, 6.07) is 10.2. The van der Waals surface area contributed by atoms with E-state index in [1.165, 1.54) is 12.0 Å². The van der Waals surface area contributed by atoms with Crippen molar-refractivity contribution < 1.29 is 28.9 Å². The second-order valence-corrected chi connectivity index (χ2v) is 11.6. The van der Waals surface area contributed by atoms with Crippen molar-refractivity contribution in [3.05, 3.63) is 76.5 Å². The second-order valence-electron chi connectivity index (χ2n) is 10.6. The molecule has 206 valence electrons. The molecular weight excluding hydrogens is 516 g/mol. The summed E-state index contributed by atoms with van der Waals surface area (Å²) in [5, 5.41) is 13.3. The Kier molecular flexibility index (Phi) is 8.11. The number of carbonyl (C=O) groups is 2. The average molecular weight is 551 g/mol. The van der Waals surface area contributed by atoms with Crippen LogP contribution in [0.1, 0.15) is 56.2 Å². The summed E-state index contributed by atoms with van der Waals surface area (Å²) in [5.41, 5.74) is 1.17. The highest BCUT2D eigenvalue weighted by atomic mass is 32.2. The van der Waals surface area contributed by atoms with Crippen molar-refractivity contribution in [3.8, 4) is 5.88 Å². The number of thioether (sulfide) groups is 1. The Bertz CT molecular complexity index is 1280. The summed E-state index contributed by atoms with van der Waals surface area (Å²) in [7, 11) is 1.49. The minimum absolute atomic E-state index is 0.00339. The maximum Gasteiger partial charge on any atom is 0.294 e. The van der Waals surface area contributed by atoms with Crippen LogP contribution in [0.4, 0.5) is 5.69 Å². The smallest absolute Gasteiger partial charge is 0.294 e. The summed E-state index contributed by atoms with van der Waals surface area (Å²) < 4.78 is 17.2. The minimum Gasteiger partial charge on any atom is -0.503 e. The van der Waals surface area contributed by atoms with Crippen LogP contribution in [0.5, 0.6) is 5.88 Å². The number of hydrogen-bond acceptors (Lipinski definition) is 8. The van der Waals surface area contributed by atoms with Crippen LogP contribution in [0.3, 0.4) is 0 Å². The fraction of sp³-hybridized carbons (Fsp3) is 0.433. The van der Waals surface area contributed by atoms with Gasteiger partial charge in [-0.15, -0.1) is 11.8 Å². The zero-order valence-corrected chi connectivity index (χ0v) is 23.3. The summed E-state index contributed by atoms with van der Waals surface area (Å²) >= 11 is 1.77. The molecule has 1 saturated heterocycles. The van der Waals surface area contributed by atoms with Crippen LogP contribution in [0.15, 0.2) is 65.4 Å². The van der Waals surface area contributed by atoms with Crippen molar-refractivity contribution in [1.82, 2.24) is 4.98 Å². The molecular formula is C30H34N2O6S. The van der Waals surface area contributed by atoms with E-state index in [0.29, 0.717) is 23.8 Å². The number of benzene rings is 1. The maximum atomic E-state index is 14.1. The SMILES string of the molecule is COc1ncccc1C1C(C(=O)C(C)(C)COC2CCCCO2)=C(O)C(=O)N1c1ccc(C2C=CSC2)cc1. The number of methoxy groups -OCH3 is 1. The van der Waals surface area contributed by atoms with Gasteiger partial charge >= 0.3 is 0 Å². The molecule has 3 aliphatic rings. The molecule has 1 fully saturated rings. The first kappa shape index (κ1) is 27.4. The fourth-order valence-corrected chi connectivity index (χ4v) is 6.13. The molecule has 2 aromatic rings. The van der Waals surface area contributed by atoms with Gasteiger partial charge in [-0.1, -0.05) is 32.1 Å². The molecule has 39 heavy (non-hydrogen) atoms. The minimum atomic E-state index is -1.04. The first-order valence-corrected chi connectivity index (χ1v) is 14.3. The number of carbonyl (C=O) groups excluding carboxylic acids is 2. The predicted molar refractivity (Wildman–Crippen MR) is 150 cm³/mol. The third-order valence-corrected chi connectivity index (χ3v) is 8.31. The quantitative estimate of drug-likeness (QED) is 0.439. The summed E-state index contributed by atoms with van der Waals surface area (Å²) in [6.07, 6.45) is 6.15. The molecule has 3 aliphatic heterocycles. The average Bonchev–Trinajstić information content (AvgIpc) is 3.59. The van der Waals surface area contributed by atoms with Crippen molar-refractivity contribution >= 4 is 29.1 Å². The normalized spacial score (nSPS) is 23.5. The third kappa shape index (κ3) is 5.48. The van der Waals surface area contributed by atoms with Crippen LogP contribution in [-0.4, -0.2) is 54.1 Å². The number of ether oxygens (including phenoxy) is 3. The van der Waals surface area contributed by atoms with Gasteiger partial charge in [0, 0.05) is 35.7 Å². The van der Waals surface area contributed by atoms with Crippen LogP contribution >= 0.6 is 11.8 Å². The Labute approximate surface area is 233 Å². The summed E-state index contributed by atoms with van der Waals surface area (Å²) in [4.78, 5) is 33.5. The van der Waals surface area contributed by atoms with Crippen LogP contribution in [0.25, 0.3) is 0 Å². The van der Waals surface area contributed by atoms with Crippen molar-refractivity contribution in [1.29, 1.82) is 0 Å². The van der Waals surface area contributed by atoms with Gasteiger partial charge in [-0.2, -0.15) is 0 Å². The van der Waals surface area contributed by atoms with E-state index in [9.17, 15) is 14.7 Å². The molecule has 3 atom stereocenters. The number of nitrogens with zero attached hydrogens (tertiary/aromatic N) is 2. The molecule has 0 spiro atoms. The highest BCUT2D eigenvalue weighted by Gasteiger charge is 2.49. The summed E-state index contributed by atoms with van der Waals surface area (Å²) in [5.74, 6) is -0.0448. The Hall–Kier alpha value is -3.14. The Morgan fingerprint density at radius 2 is 2.03 bits per heavy atom. The molecule has 0 aliphatic carbocycles. The predicted octanol–water partition coefficient (Wildman–Crippen LogP) is 5.47. The molecule has 5 rings (SSSR count). The van der Waals surface area contributed by atoms with Crippen LogP contribution in [0.2, 0.25) is 0 Å². The molecule has 9 heteroatoms. The van der Waals surface area contributed by atoms with Gasteiger partial charge in [-0.25, -0.2) is 4.98 Å². The number of Topliss-reactive ketones (excluding diaryl/α,β-unsaturated/α-hetero) is 1. The van der Waals surface area contributed by atoms with Crippen molar-refractivity contribution in [3.63, 3.8) is 0 Å². The Balaban J connectivity index is 1.50. The molecule has 0 saturated carbocycles. The number of aliphatic hydroxyl groups is 1. The van der Waals surface area contributed by atoms with E-state index < -0.39 is 23.1 Å².